The van der Waals surface area contributed by atoms with Crippen LogP contribution < -0.4 is 25.6 Å². The molecule has 2 rings (SSSR count). The Morgan fingerprint density at radius 1 is 1.04 bits per heavy atom. The van der Waals surface area contributed by atoms with E-state index in [1.54, 1.807) is 30.3 Å². The van der Waals surface area contributed by atoms with E-state index in [2.05, 4.69) is 16.2 Å². The van der Waals surface area contributed by atoms with Gasteiger partial charge in [-0.05, 0) is 42.9 Å². The molecule has 6 nitrogen and oxygen atoms in total. The van der Waals surface area contributed by atoms with E-state index in [0.29, 0.717) is 18.1 Å². The Hall–Kier alpha value is -2.87. The highest BCUT2D eigenvalue weighted by Gasteiger charge is 2.08. The number of carbonyl (C=O) groups excluding carboxylic acids is 1. The molecule has 0 aliphatic heterocycles. The number of hydrazine groups is 1. The summed E-state index contributed by atoms with van der Waals surface area (Å²) in [4.78, 5) is 11.9. The minimum absolute atomic E-state index is 0.0510. The fraction of sp³-hybridized carbons (Fsp3) is 0.222. The molecule has 8 heteroatoms. The standard InChI is InChI=1S/C18H20FN3O3S/c1-2-11-24-15-9-5-6-10-16(15)25-12-17(23)21-22-18(26)20-14-8-4-3-7-13(14)19/h3-10H,2,11-12H2,1H3,(H,21,23)(H2,20,22,26). The number of nitrogens with one attached hydrogen (secondary N) is 3. The van der Waals surface area contributed by atoms with Crippen LogP contribution >= 0.6 is 12.2 Å². The maximum Gasteiger partial charge on any atom is 0.276 e. The van der Waals surface area contributed by atoms with Gasteiger partial charge in [-0.25, -0.2) is 4.39 Å². The van der Waals surface area contributed by atoms with Crippen LogP contribution in [0, 0.1) is 5.82 Å². The van der Waals surface area contributed by atoms with Gasteiger partial charge in [-0.3, -0.25) is 15.6 Å². The SMILES string of the molecule is CCCOc1ccccc1OCC(=O)NNC(=S)Nc1ccccc1F. The summed E-state index contributed by atoms with van der Waals surface area (Å²) in [6.07, 6.45) is 0.866. The summed E-state index contributed by atoms with van der Waals surface area (Å²) in [6.45, 7) is 2.33. The van der Waals surface area contributed by atoms with Gasteiger partial charge in [0.2, 0.25) is 0 Å². The summed E-state index contributed by atoms with van der Waals surface area (Å²) in [7, 11) is 0. The topological polar surface area (TPSA) is 71.6 Å². The van der Waals surface area contributed by atoms with Crippen LogP contribution in [0.4, 0.5) is 10.1 Å². The number of para-hydroxylation sites is 3. The van der Waals surface area contributed by atoms with E-state index in [4.69, 9.17) is 21.7 Å². The van der Waals surface area contributed by atoms with Crippen molar-refractivity contribution in [1.82, 2.24) is 10.9 Å². The lowest BCUT2D eigenvalue weighted by molar-refractivity contribution is -0.123. The fourth-order valence-electron chi connectivity index (χ4n) is 1.92. The first kappa shape index (κ1) is 19.5. The van der Waals surface area contributed by atoms with E-state index >= 15 is 0 Å². The summed E-state index contributed by atoms with van der Waals surface area (Å²) >= 11 is 5.00. The highest BCUT2D eigenvalue weighted by Crippen LogP contribution is 2.26. The molecule has 0 aliphatic rings. The second-order valence-electron chi connectivity index (χ2n) is 5.19. The van der Waals surface area contributed by atoms with Gasteiger partial charge >= 0.3 is 0 Å². The molecule has 0 saturated heterocycles. The molecule has 0 unspecified atom stereocenters. The van der Waals surface area contributed by atoms with Crippen LogP contribution in [0.2, 0.25) is 0 Å². The van der Waals surface area contributed by atoms with Crippen molar-refractivity contribution in [1.29, 1.82) is 0 Å². The van der Waals surface area contributed by atoms with Crippen molar-refractivity contribution in [3.63, 3.8) is 0 Å². The molecular weight excluding hydrogens is 357 g/mol. The molecule has 0 aliphatic carbocycles. The summed E-state index contributed by atoms with van der Waals surface area (Å²) in [5.74, 6) is 0.151. The van der Waals surface area contributed by atoms with Crippen LogP contribution in [0.3, 0.4) is 0 Å². The third kappa shape index (κ3) is 6.21. The van der Waals surface area contributed by atoms with Crippen molar-refractivity contribution < 1.29 is 18.7 Å². The molecule has 26 heavy (non-hydrogen) atoms. The molecule has 0 radical (unpaired) electrons. The Kier molecular flexibility index (Phi) is 7.63. The van der Waals surface area contributed by atoms with Gasteiger partial charge in [0.05, 0.1) is 12.3 Å². The minimum Gasteiger partial charge on any atom is -0.490 e. The first-order valence-electron chi connectivity index (χ1n) is 8.05. The Balaban J connectivity index is 1.77. The molecule has 0 spiro atoms. The first-order chi connectivity index (χ1) is 12.6. The molecular formula is C18H20FN3O3S. The van der Waals surface area contributed by atoms with E-state index in [1.807, 2.05) is 13.0 Å². The van der Waals surface area contributed by atoms with Crippen molar-refractivity contribution in [2.45, 2.75) is 13.3 Å². The molecule has 0 heterocycles. The number of carbonyl (C=O) groups is 1. The molecule has 0 fully saturated rings. The molecule has 3 N–H and O–H groups in total. The van der Waals surface area contributed by atoms with Gasteiger partial charge in [-0.15, -0.1) is 0 Å². The zero-order valence-electron chi connectivity index (χ0n) is 14.3. The molecule has 1 amide bonds. The molecule has 2 aromatic rings. The Morgan fingerprint density at radius 3 is 2.38 bits per heavy atom. The normalized spacial score (nSPS) is 9.92. The number of ether oxygens (including phenoxy) is 2. The fourth-order valence-corrected chi connectivity index (χ4v) is 2.08. The predicted molar refractivity (Wildman–Crippen MR) is 102 cm³/mol. The van der Waals surface area contributed by atoms with Gasteiger partial charge in [0, 0.05) is 0 Å². The van der Waals surface area contributed by atoms with Crippen LogP contribution in [0.5, 0.6) is 11.5 Å². The maximum absolute atomic E-state index is 13.5. The number of anilines is 1. The summed E-state index contributed by atoms with van der Waals surface area (Å²) < 4.78 is 24.5. The van der Waals surface area contributed by atoms with Crippen LogP contribution in [0.1, 0.15) is 13.3 Å². The largest absolute Gasteiger partial charge is 0.490 e. The van der Waals surface area contributed by atoms with Crippen LogP contribution in [0.25, 0.3) is 0 Å². The quantitative estimate of drug-likeness (QED) is 0.509. The third-order valence-electron chi connectivity index (χ3n) is 3.11. The number of hydrogen-bond acceptors (Lipinski definition) is 4. The Morgan fingerprint density at radius 2 is 1.69 bits per heavy atom. The van der Waals surface area contributed by atoms with Crippen molar-refractivity contribution in [2.75, 3.05) is 18.5 Å². The van der Waals surface area contributed by atoms with Gasteiger partial charge in [0.15, 0.2) is 23.2 Å². The van der Waals surface area contributed by atoms with E-state index in [-0.39, 0.29) is 17.4 Å². The number of amides is 1. The lowest BCUT2D eigenvalue weighted by Gasteiger charge is -2.14. The predicted octanol–water partition coefficient (Wildman–Crippen LogP) is 3.01. The van der Waals surface area contributed by atoms with E-state index in [1.165, 1.54) is 12.1 Å². The molecule has 0 atom stereocenters. The van der Waals surface area contributed by atoms with Gasteiger partial charge in [0.1, 0.15) is 5.82 Å². The van der Waals surface area contributed by atoms with Crippen molar-refractivity contribution in [3.8, 4) is 11.5 Å². The number of halogens is 1. The van der Waals surface area contributed by atoms with Gasteiger partial charge in [-0.2, -0.15) is 0 Å². The summed E-state index contributed by atoms with van der Waals surface area (Å²) in [5.41, 5.74) is 5.07. The van der Waals surface area contributed by atoms with Gasteiger partial charge in [0.25, 0.3) is 5.91 Å². The number of hydrogen-bond donors (Lipinski definition) is 3. The van der Waals surface area contributed by atoms with Crippen molar-refractivity contribution in [2.24, 2.45) is 0 Å². The third-order valence-corrected chi connectivity index (χ3v) is 3.31. The maximum atomic E-state index is 13.5. The minimum atomic E-state index is -0.451. The van der Waals surface area contributed by atoms with E-state index in [0.717, 1.165) is 6.42 Å². The van der Waals surface area contributed by atoms with Gasteiger partial charge < -0.3 is 14.8 Å². The molecule has 2 aromatic carbocycles. The summed E-state index contributed by atoms with van der Waals surface area (Å²) in [5, 5.41) is 2.69. The number of rotatable bonds is 7. The number of benzene rings is 2. The molecule has 138 valence electrons. The lowest BCUT2D eigenvalue weighted by Crippen LogP contribution is -2.45. The van der Waals surface area contributed by atoms with Gasteiger partial charge in [-0.1, -0.05) is 31.2 Å². The zero-order valence-corrected chi connectivity index (χ0v) is 15.1. The second kappa shape index (κ2) is 10.2. The van der Waals surface area contributed by atoms with Crippen LogP contribution in [-0.4, -0.2) is 24.2 Å². The van der Waals surface area contributed by atoms with Crippen molar-refractivity contribution in [3.05, 3.63) is 54.3 Å². The van der Waals surface area contributed by atoms with E-state index in [9.17, 15) is 9.18 Å². The lowest BCUT2D eigenvalue weighted by atomic mass is 10.3. The Bertz CT molecular complexity index is 758. The Labute approximate surface area is 156 Å². The highest BCUT2D eigenvalue weighted by atomic mass is 32.1. The van der Waals surface area contributed by atoms with Crippen LogP contribution in [0.15, 0.2) is 48.5 Å². The van der Waals surface area contributed by atoms with E-state index < -0.39 is 11.7 Å². The zero-order chi connectivity index (χ0) is 18.8. The average molecular weight is 377 g/mol. The monoisotopic (exact) mass is 377 g/mol. The molecule has 0 bridgehead atoms. The summed E-state index contributed by atoms with van der Waals surface area (Å²) in [6, 6.07) is 13.2. The molecule has 0 aromatic heterocycles. The first-order valence-corrected chi connectivity index (χ1v) is 8.46. The second-order valence-corrected chi connectivity index (χ2v) is 5.60. The number of thiocarbonyl (C=S) groups is 1. The molecule has 0 saturated carbocycles. The van der Waals surface area contributed by atoms with Crippen molar-refractivity contribution >= 4 is 28.9 Å². The highest BCUT2D eigenvalue weighted by molar-refractivity contribution is 7.80. The smallest absolute Gasteiger partial charge is 0.276 e. The van der Waals surface area contributed by atoms with Crippen LogP contribution in [-0.2, 0) is 4.79 Å². The average Bonchev–Trinajstić information content (AvgIpc) is 2.65.